The highest BCUT2D eigenvalue weighted by molar-refractivity contribution is 8.00. The second-order valence-electron chi connectivity index (χ2n) is 9.73. The number of anilines is 1. The Bertz CT molecular complexity index is 1950. The van der Waals surface area contributed by atoms with Crippen molar-refractivity contribution in [1.82, 2.24) is 10.2 Å². The molecule has 1 fully saturated rings. The number of phenolic OH excluding ortho intramolecular Hbond substituents is 1. The molecule has 6 rings (SSSR count). The number of halogens is 1. The largest absolute Gasteiger partial charge is 0.507 e. The maximum Gasteiger partial charge on any atom is 0.301 e. The summed E-state index contributed by atoms with van der Waals surface area (Å²) in [6, 6.07) is 21.0. The van der Waals surface area contributed by atoms with Crippen molar-refractivity contribution in [3.05, 3.63) is 107 Å². The highest BCUT2D eigenvalue weighted by Crippen LogP contribution is 2.45. The minimum atomic E-state index is -1.18. The number of aliphatic hydroxyl groups is 1. The minimum Gasteiger partial charge on any atom is -0.507 e. The van der Waals surface area contributed by atoms with Crippen LogP contribution in [0, 0.1) is 5.82 Å². The van der Waals surface area contributed by atoms with Crippen molar-refractivity contribution < 1.29 is 33.7 Å². The third kappa shape index (κ3) is 5.22. The van der Waals surface area contributed by atoms with Gasteiger partial charge in [0.15, 0.2) is 27.4 Å². The predicted molar refractivity (Wildman–Crippen MR) is 166 cm³/mol. The number of fused-ring (bicyclic) bond motifs is 1. The quantitative estimate of drug-likeness (QED) is 0.0654. The van der Waals surface area contributed by atoms with Crippen LogP contribution in [0.1, 0.15) is 22.7 Å². The topological polar surface area (TPSA) is 122 Å². The summed E-state index contributed by atoms with van der Waals surface area (Å²) in [6.45, 7) is 0. The lowest BCUT2D eigenvalue weighted by molar-refractivity contribution is -0.132. The summed E-state index contributed by atoms with van der Waals surface area (Å²) >= 11 is 2.56. The molecular weight excluding hydrogens is 605 g/mol. The first-order chi connectivity index (χ1) is 21.3. The van der Waals surface area contributed by atoms with Gasteiger partial charge >= 0.3 is 5.91 Å². The SMILES string of the molecule is COc1cc(C2/C(=C(\O)c3ccc(OC)c(F)c3)C(=O)C(=O)N2c2nnc(SCc3cccc4ccccc34)s2)ccc1O. The first kappa shape index (κ1) is 29.1. The Labute approximate surface area is 259 Å². The Morgan fingerprint density at radius 3 is 2.52 bits per heavy atom. The lowest BCUT2D eigenvalue weighted by Crippen LogP contribution is -2.29. The van der Waals surface area contributed by atoms with Crippen LogP contribution < -0.4 is 14.4 Å². The van der Waals surface area contributed by atoms with Gasteiger partial charge in [0, 0.05) is 11.3 Å². The lowest BCUT2D eigenvalue weighted by Gasteiger charge is -2.23. The number of thioether (sulfide) groups is 1. The average molecular weight is 630 g/mol. The summed E-state index contributed by atoms with van der Waals surface area (Å²) in [5.41, 5.74) is 1.14. The number of phenols is 1. The van der Waals surface area contributed by atoms with Gasteiger partial charge in [-0.25, -0.2) is 4.39 Å². The Kier molecular flexibility index (Phi) is 7.93. The molecular formula is C32H24FN3O6S2. The number of benzene rings is 4. The third-order valence-corrected chi connectivity index (χ3v) is 9.33. The van der Waals surface area contributed by atoms with Crippen LogP contribution in [-0.4, -0.2) is 46.3 Å². The molecule has 1 aliphatic rings. The van der Waals surface area contributed by atoms with E-state index >= 15 is 0 Å². The van der Waals surface area contributed by atoms with Crippen molar-refractivity contribution in [2.75, 3.05) is 19.1 Å². The Morgan fingerprint density at radius 1 is 0.977 bits per heavy atom. The maximum atomic E-state index is 14.6. The predicted octanol–water partition coefficient (Wildman–Crippen LogP) is 6.47. The second-order valence-corrected chi connectivity index (χ2v) is 11.9. The van der Waals surface area contributed by atoms with Crippen LogP contribution in [0.2, 0.25) is 0 Å². The number of nitrogens with zero attached hydrogens (tertiary/aromatic N) is 3. The van der Waals surface area contributed by atoms with Gasteiger partial charge in [-0.3, -0.25) is 14.5 Å². The van der Waals surface area contributed by atoms with Crippen molar-refractivity contribution in [1.29, 1.82) is 0 Å². The van der Waals surface area contributed by atoms with Crippen molar-refractivity contribution in [2.24, 2.45) is 0 Å². The fourth-order valence-electron chi connectivity index (χ4n) is 5.09. The van der Waals surface area contributed by atoms with Gasteiger partial charge in [0.1, 0.15) is 5.76 Å². The molecule has 0 radical (unpaired) electrons. The Morgan fingerprint density at radius 2 is 1.75 bits per heavy atom. The molecule has 1 amide bonds. The van der Waals surface area contributed by atoms with Gasteiger partial charge < -0.3 is 19.7 Å². The van der Waals surface area contributed by atoms with Crippen LogP contribution in [0.5, 0.6) is 17.2 Å². The summed E-state index contributed by atoms with van der Waals surface area (Å²) < 4.78 is 25.4. The average Bonchev–Trinajstić information content (AvgIpc) is 3.61. The highest BCUT2D eigenvalue weighted by atomic mass is 32.2. The molecule has 9 nitrogen and oxygen atoms in total. The number of hydrogen-bond acceptors (Lipinski definition) is 10. The number of hydrogen-bond donors (Lipinski definition) is 2. The number of aliphatic hydroxyl groups excluding tert-OH is 1. The zero-order valence-corrected chi connectivity index (χ0v) is 25.0. The monoisotopic (exact) mass is 629 g/mol. The molecule has 5 aromatic rings. The highest BCUT2D eigenvalue weighted by Gasteiger charge is 2.48. The summed E-state index contributed by atoms with van der Waals surface area (Å²) in [7, 11) is 2.67. The van der Waals surface area contributed by atoms with Crippen LogP contribution in [0.3, 0.4) is 0 Å². The summed E-state index contributed by atoms with van der Waals surface area (Å²) in [5.74, 6) is -2.80. The molecule has 4 aromatic carbocycles. The molecule has 0 aliphatic carbocycles. The summed E-state index contributed by atoms with van der Waals surface area (Å²) in [6.07, 6.45) is 0. The normalized spacial score (nSPS) is 16.1. The van der Waals surface area contributed by atoms with Crippen LogP contribution in [0.15, 0.2) is 88.8 Å². The van der Waals surface area contributed by atoms with E-state index in [1.807, 2.05) is 36.4 Å². The first-order valence-corrected chi connectivity index (χ1v) is 15.1. The Balaban J connectivity index is 1.40. The van der Waals surface area contributed by atoms with Crippen molar-refractivity contribution >= 4 is 56.5 Å². The van der Waals surface area contributed by atoms with Gasteiger partial charge in [-0.2, -0.15) is 0 Å². The number of methoxy groups -OCH3 is 2. The van der Waals surface area contributed by atoms with Crippen molar-refractivity contribution in [2.45, 2.75) is 16.1 Å². The molecule has 1 atom stereocenters. The van der Waals surface area contributed by atoms with E-state index in [1.54, 1.807) is 0 Å². The Hall–Kier alpha value is -4.94. The number of rotatable bonds is 8. The third-order valence-electron chi connectivity index (χ3n) is 7.22. The van der Waals surface area contributed by atoms with Crippen molar-refractivity contribution in [3.63, 3.8) is 0 Å². The molecule has 44 heavy (non-hydrogen) atoms. The molecule has 1 aliphatic heterocycles. The van der Waals surface area contributed by atoms with E-state index in [4.69, 9.17) is 9.47 Å². The number of carbonyl (C=O) groups excluding carboxylic acids is 2. The molecule has 0 saturated carbocycles. The van der Waals surface area contributed by atoms with E-state index in [9.17, 15) is 24.2 Å². The van der Waals surface area contributed by atoms with E-state index in [0.29, 0.717) is 15.7 Å². The van der Waals surface area contributed by atoms with E-state index in [-0.39, 0.29) is 33.5 Å². The van der Waals surface area contributed by atoms with Gasteiger partial charge in [-0.15, -0.1) is 10.2 Å². The number of aromatic nitrogens is 2. The number of carbonyl (C=O) groups is 2. The van der Waals surface area contributed by atoms with Gasteiger partial charge in [0.2, 0.25) is 5.13 Å². The second kappa shape index (κ2) is 12.0. The lowest BCUT2D eigenvalue weighted by atomic mass is 9.95. The van der Waals surface area contributed by atoms with E-state index < -0.39 is 29.3 Å². The molecule has 0 spiro atoms. The zero-order valence-electron chi connectivity index (χ0n) is 23.4. The summed E-state index contributed by atoms with van der Waals surface area (Å²) in [4.78, 5) is 28.2. The van der Waals surface area contributed by atoms with Crippen LogP contribution in [0.4, 0.5) is 9.52 Å². The summed E-state index contributed by atoms with van der Waals surface area (Å²) in [5, 5.41) is 32.4. The van der Waals surface area contributed by atoms with E-state index in [0.717, 1.165) is 38.6 Å². The van der Waals surface area contributed by atoms with E-state index in [2.05, 4.69) is 16.3 Å². The van der Waals surface area contributed by atoms with Crippen LogP contribution >= 0.6 is 23.1 Å². The zero-order chi connectivity index (χ0) is 31.0. The van der Waals surface area contributed by atoms with E-state index in [1.165, 1.54) is 56.3 Å². The number of ketones is 1. The van der Waals surface area contributed by atoms with Crippen LogP contribution in [-0.2, 0) is 15.3 Å². The fraction of sp³-hybridized carbons (Fsp3) is 0.125. The van der Waals surface area contributed by atoms with Gasteiger partial charge in [-0.05, 0) is 52.2 Å². The molecule has 2 heterocycles. The number of ether oxygens (including phenoxy) is 2. The van der Waals surface area contributed by atoms with Crippen molar-refractivity contribution in [3.8, 4) is 17.2 Å². The fourth-order valence-corrected chi connectivity index (χ4v) is 6.97. The van der Waals surface area contributed by atoms with Gasteiger partial charge in [0.25, 0.3) is 5.78 Å². The maximum absolute atomic E-state index is 14.6. The smallest absolute Gasteiger partial charge is 0.301 e. The molecule has 1 unspecified atom stereocenters. The molecule has 1 aromatic heterocycles. The molecule has 222 valence electrons. The molecule has 1 saturated heterocycles. The number of aromatic hydroxyl groups is 1. The minimum absolute atomic E-state index is 0.0272. The van der Waals surface area contributed by atoms with Gasteiger partial charge in [0.05, 0.1) is 25.8 Å². The standard InChI is InChI=1S/C32H24FN3O6S2/c1-41-24-13-11-19(14-22(24)33)28(38)26-27(18-10-12-23(37)25(15-18)42-2)36(30(40)29(26)39)31-34-35-32(44-31)43-16-20-8-5-7-17-6-3-4-9-21(17)20/h3-15,27,37-38H,16H2,1-2H3/b28-26+. The van der Waals surface area contributed by atoms with Crippen LogP contribution in [0.25, 0.3) is 16.5 Å². The molecule has 2 N–H and O–H groups in total. The van der Waals surface area contributed by atoms with Gasteiger partial charge in [-0.1, -0.05) is 71.6 Å². The molecule has 12 heteroatoms. The first-order valence-electron chi connectivity index (χ1n) is 13.3. The molecule has 0 bridgehead atoms. The number of amides is 1. The number of Topliss-reactive ketones (excluding diaryl/α,β-unsaturated/α-hetero) is 1.